The van der Waals surface area contributed by atoms with Gasteiger partial charge in [0.15, 0.2) is 12.4 Å². The number of carbonyl (C=O) groups is 2. The second kappa shape index (κ2) is 59.7. The minimum Gasteiger partial charge on any atom is -0.454 e. The van der Waals surface area contributed by atoms with Gasteiger partial charge < -0.3 is 45.1 Å². The molecule has 1 saturated heterocycles. The molecule has 484 valence electrons. The van der Waals surface area contributed by atoms with E-state index in [4.69, 9.17) is 14.2 Å². The number of amides is 1. The lowest BCUT2D eigenvalue weighted by Gasteiger charge is -2.41. The molecule has 0 radical (unpaired) electrons. The topological polar surface area (TPSA) is 175 Å². The predicted octanol–water partition coefficient (Wildman–Crippen LogP) is 17.7. The van der Waals surface area contributed by atoms with Crippen LogP contribution in [0, 0.1) is 0 Å². The average Bonchev–Trinajstić information content (AvgIpc) is 3.54. The fourth-order valence-corrected chi connectivity index (χ4v) is 10.9. The number of hydrogen-bond acceptors (Lipinski definition) is 10. The van der Waals surface area contributed by atoms with E-state index >= 15 is 0 Å². The average molecular weight is 1170 g/mol. The van der Waals surface area contributed by atoms with Crippen molar-refractivity contribution < 1.29 is 49.3 Å². The molecule has 0 saturated carbocycles. The summed E-state index contributed by atoms with van der Waals surface area (Å²) in [5, 5.41) is 57.2. The minimum absolute atomic E-state index is 0.125. The number of allylic oxidation sites excluding steroid dienone is 9. The second-order valence-electron chi connectivity index (χ2n) is 24.3. The molecule has 1 rings (SSSR count). The van der Waals surface area contributed by atoms with Crippen molar-refractivity contribution >= 4 is 11.9 Å². The van der Waals surface area contributed by atoms with Crippen LogP contribution in [-0.2, 0) is 23.8 Å². The first kappa shape index (κ1) is 78.4. The van der Waals surface area contributed by atoms with Crippen molar-refractivity contribution in [3.8, 4) is 0 Å². The summed E-state index contributed by atoms with van der Waals surface area (Å²) in [7, 11) is 0. The molecule has 0 spiro atoms. The lowest BCUT2D eigenvalue weighted by Crippen LogP contribution is -2.61. The van der Waals surface area contributed by atoms with E-state index in [1.807, 2.05) is 6.08 Å². The van der Waals surface area contributed by atoms with Gasteiger partial charge in [0, 0.05) is 6.42 Å². The Kier molecular flexibility index (Phi) is 56.4. The molecule has 0 aromatic heterocycles. The molecule has 0 aromatic rings. The number of hydrogen-bond donors (Lipinski definition) is 6. The van der Waals surface area contributed by atoms with E-state index < -0.39 is 67.4 Å². The van der Waals surface area contributed by atoms with Crippen LogP contribution >= 0.6 is 0 Å². The second-order valence-corrected chi connectivity index (χ2v) is 24.3. The fourth-order valence-electron chi connectivity index (χ4n) is 10.9. The molecule has 8 atom stereocenters. The molecule has 11 heteroatoms. The van der Waals surface area contributed by atoms with E-state index in [1.54, 1.807) is 6.08 Å². The highest BCUT2D eigenvalue weighted by atomic mass is 16.7. The Hall–Kier alpha value is -2.64. The van der Waals surface area contributed by atoms with E-state index in [0.717, 1.165) is 96.3 Å². The van der Waals surface area contributed by atoms with Crippen LogP contribution in [0.3, 0.4) is 0 Å². The molecule has 1 aliphatic heterocycles. The summed E-state index contributed by atoms with van der Waals surface area (Å²) in [5.74, 6) is -1.19. The van der Waals surface area contributed by atoms with Crippen molar-refractivity contribution in [1.29, 1.82) is 0 Å². The van der Waals surface area contributed by atoms with Crippen molar-refractivity contribution in [2.75, 3.05) is 13.2 Å². The highest BCUT2D eigenvalue weighted by molar-refractivity contribution is 5.80. The van der Waals surface area contributed by atoms with Gasteiger partial charge in [-0.1, -0.05) is 306 Å². The van der Waals surface area contributed by atoms with Gasteiger partial charge in [0.2, 0.25) is 5.91 Å². The van der Waals surface area contributed by atoms with Crippen LogP contribution in [0.25, 0.3) is 0 Å². The molecule has 1 amide bonds. The molecular formula is C72H131NO10. The first-order valence-corrected chi connectivity index (χ1v) is 35.1. The molecule has 6 N–H and O–H groups in total. The molecule has 1 heterocycles. The van der Waals surface area contributed by atoms with Crippen LogP contribution in [0.4, 0.5) is 0 Å². The number of aliphatic hydroxyl groups is 5. The van der Waals surface area contributed by atoms with Gasteiger partial charge in [0.25, 0.3) is 0 Å². The summed E-state index contributed by atoms with van der Waals surface area (Å²) in [4.78, 5) is 26.7. The van der Waals surface area contributed by atoms with Gasteiger partial charge in [0.05, 0.1) is 25.4 Å². The van der Waals surface area contributed by atoms with Crippen molar-refractivity contribution in [3.63, 3.8) is 0 Å². The lowest BCUT2D eigenvalue weighted by molar-refractivity contribution is -0.305. The number of carbonyl (C=O) groups excluding carboxylic acids is 2. The van der Waals surface area contributed by atoms with E-state index in [-0.39, 0.29) is 19.4 Å². The highest BCUT2D eigenvalue weighted by Gasteiger charge is 2.47. The molecule has 1 aliphatic rings. The third kappa shape index (κ3) is 47.2. The Labute approximate surface area is 509 Å². The molecule has 83 heavy (non-hydrogen) atoms. The maximum Gasteiger partial charge on any atom is 0.306 e. The van der Waals surface area contributed by atoms with Crippen molar-refractivity contribution in [2.24, 2.45) is 0 Å². The van der Waals surface area contributed by atoms with Gasteiger partial charge in [-0.15, -0.1) is 0 Å². The third-order valence-corrected chi connectivity index (χ3v) is 16.4. The van der Waals surface area contributed by atoms with Crippen molar-refractivity contribution in [2.45, 2.75) is 372 Å². The lowest BCUT2D eigenvalue weighted by atomic mass is 9.99. The van der Waals surface area contributed by atoms with Gasteiger partial charge in [-0.2, -0.15) is 0 Å². The van der Waals surface area contributed by atoms with Crippen LogP contribution in [0.5, 0.6) is 0 Å². The zero-order valence-corrected chi connectivity index (χ0v) is 53.8. The van der Waals surface area contributed by atoms with Gasteiger partial charge in [-0.25, -0.2) is 0 Å². The first-order chi connectivity index (χ1) is 40.7. The van der Waals surface area contributed by atoms with E-state index in [2.05, 4.69) is 74.7 Å². The van der Waals surface area contributed by atoms with Crippen LogP contribution in [-0.4, -0.2) is 99.6 Å². The zero-order chi connectivity index (χ0) is 60.3. The molecular weight excluding hydrogens is 1040 g/mol. The summed E-state index contributed by atoms with van der Waals surface area (Å²) in [6, 6.07) is -1.03. The number of rotatable bonds is 60. The zero-order valence-electron chi connectivity index (χ0n) is 53.8. The standard InChI is InChI=1S/C72H131NO10/c1-4-7-10-13-16-19-22-25-27-29-31-32-33-35-36-38-41-44-47-50-53-56-59-65(76)71(80)73-63(64(75)58-55-52-49-46-43-40-24-21-18-15-12-9-6-3)62-81-72-70(69(79)68(78)66(61-74)82-72)83-67(77)60-57-54-51-48-45-42-39-37-34-30-28-26-23-20-17-14-11-8-5-2/h16,19,25,27,31-32,35-36,55,58,63-66,68-70,72,74-76,78-79H,4-15,17-18,20-24,26,28-30,33-34,37-54,56-57,59-62H2,1-3H3,(H,73,80)/b19-16-,27-25-,32-31-,36-35-,58-55+. The fraction of sp³-hybridized carbons (Fsp3) is 0.833. The van der Waals surface area contributed by atoms with Gasteiger partial charge in [-0.3, -0.25) is 9.59 Å². The smallest absolute Gasteiger partial charge is 0.306 e. The summed E-state index contributed by atoms with van der Waals surface area (Å²) in [5.41, 5.74) is 0. The Morgan fingerprint density at radius 3 is 1.27 bits per heavy atom. The van der Waals surface area contributed by atoms with Crippen LogP contribution < -0.4 is 5.32 Å². The van der Waals surface area contributed by atoms with Gasteiger partial charge in [-0.05, 0) is 70.6 Å². The number of esters is 1. The van der Waals surface area contributed by atoms with E-state index in [1.165, 1.54) is 180 Å². The van der Waals surface area contributed by atoms with Crippen molar-refractivity contribution in [3.05, 3.63) is 60.8 Å². The van der Waals surface area contributed by atoms with Crippen LogP contribution in [0.2, 0.25) is 0 Å². The molecule has 0 aromatic carbocycles. The summed E-state index contributed by atoms with van der Waals surface area (Å²) in [6.45, 7) is 5.80. The van der Waals surface area contributed by atoms with Gasteiger partial charge >= 0.3 is 5.97 Å². The molecule has 11 nitrogen and oxygen atoms in total. The summed E-state index contributed by atoms with van der Waals surface area (Å²) < 4.78 is 17.7. The number of ether oxygens (including phenoxy) is 3. The maximum absolute atomic E-state index is 13.5. The summed E-state index contributed by atoms with van der Waals surface area (Å²) >= 11 is 0. The minimum atomic E-state index is -1.62. The van der Waals surface area contributed by atoms with Crippen molar-refractivity contribution in [1.82, 2.24) is 5.32 Å². The normalized spacial score (nSPS) is 18.9. The van der Waals surface area contributed by atoms with Gasteiger partial charge in [0.1, 0.15) is 24.4 Å². The van der Waals surface area contributed by atoms with E-state index in [9.17, 15) is 35.1 Å². The van der Waals surface area contributed by atoms with Crippen LogP contribution in [0.15, 0.2) is 60.8 Å². The SMILES string of the molecule is CCCCC/C=C\C/C=C\C/C=C\C/C=C\CCCCCCCCC(O)C(=O)NC(COC1OC(CO)C(O)C(O)C1OC(=O)CCCCCCCCCCCCCCCCCCCCC)C(O)/C=C/CCCCCCCCCCCCC. The third-order valence-electron chi connectivity index (χ3n) is 16.4. The number of unbranched alkanes of at least 4 members (excludes halogenated alkanes) is 38. The molecule has 1 fully saturated rings. The summed E-state index contributed by atoms with van der Waals surface area (Å²) in [6.07, 6.45) is 65.3. The number of nitrogens with one attached hydrogen (secondary N) is 1. The quantitative estimate of drug-likeness (QED) is 0.0195. The Bertz CT molecular complexity index is 1580. The monoisotopic (exact) mass is 1170 g/mol. The number of aliphatic hydroxyl groups excluding tert-OH is 5. The molecule has 0 aliphatic carbocycles. The first-order valence-electron chi connectivity index (χ1n) is 35.1. The van der Waals surface area contributed by atoms with Crippen LogP contribution in [0.1, 0.15) is 323 Å². The molecule has 8 unspecified atom stereocenters. The molecule has 0 bridgehead atoms. The van der Waals surface area contributed by atoms with E-state index in [0.29, 0.717) is 12.8 Å². The largest absolute Gasteiger partial charge is 0.454 e. The maximum atomic E-state index is 13.5. The Morgan fingerprint density at radius 1 is 0.470 bits per heavy atom. The Morgan fingerprint density at radius 2 is 0.831 bits per heavy atom. The predicted molar refractivity (Wildman–Crippen MR) is 347 cm³/mol. The Balaban J connectivity index is 2.63. The highest BCUT2D eigenvalue weighted by Crippen LogP contribution is 2.26.